The predicted molar refractivity (Wildman–Crippen MR) is 69.9 cm³/mol. The summed E-state index contributed by atoms with van der Waals surface area (Å²) in [4.78, 5) is 12.3. The molecule has 0 fully saturated rings. The number of sulfonamides is 1. The Morgan fingerprint density at radius 1 is 1.14 bits per heavy atom. The Morgan fingerprint density at radius 3 is 2.10 bits per heavy atom. The van der Waals surface area contributed by atoms with Gasteiger partial charge in [-0.2, -0.15) is 17.5 Å². The highest BCUT2D eigenvalue weighted by molar-refractivity contribution is 7.89. The van der Waals surface area contributed by atoms with Crippen LogP contribution in [0.4, 0.5) is 13.2 Å². The van der Waals surface area contributed by atoms with E-state index in [0.29, 0.717) is 0 Å². The van der Waals surface area contributed by atoms with Crippen LogP contribution in [-0.2, 0) is 14.8 Å². The summed E-state index contributed by atoms with van der Waals surface area (Å²) in [6, 6.07) is 6.69. The van der Waals surface area contributed by atoms with Gasteiger partial charge in [0.2, 0.25) is 15.9 Å². The van der Waals surface area contributed by atoms with Gasteiger partial charge < -0.3 is 4.90 Å². The van der Waals surface area contributed by atoms with Crippen molar-refractivity contribution in [1.82, 2.24) is 9.21 Å². The van der Waals surface area contributed by atoms with Crippen molar-refractivity contribution in [3.05, 3.63) is 30.3 Å². The van der Waals surface area contributed by atoms with Crippen LogP contribution in [-0.4, -0.2) is 56.9 Å². The molecule has 21 heavy (non-hydrogen) atoms. The summed E-state index contributed by atoms with van der Waals surface area (Å²) < 4.78 is 62.3. The minimum absolute atomic E-state index is 0.130. The molecule has 0 saturated carbocycles. The van der Waals surface area contributed by atoms with Crippen LogP contribution in [0, 0.1) is 0 Å². The third-order valence-electron chi connectivity index (χ3n) is 2.55. The predicted octanol–water partition coefficient (Wildman–Crippen LogP) is 1.33. The summed E-state index contributed by atoms with van der Waals surface area (Å²) in [5, 5.41) is 0. The fourth-order valence-corrected chi connectivity index (χ4v) is 2.86. The average molecular weight is 324 g/mol. The molecule has 1 aromatic carbocycles. The molecule has 0 aliphatic carbocycles. The monoisotopic (exact) mass is 324 g/mol. The quantitative estimate of drug-likeness (QED) is 0.821. The normalized spacial score (nSPS) is 12.5. The average Bonchev–Trinajstić information content (AvgIpc) is 2.37. The standard InChI is InChI=1S/C12H15F3N2O3S/c1-16(2)11(18)8-17(9-12(13,14)15)21(19,20)10-6-4-3-5-7-10/h3-7H,8-9H2,1-2H3. The van der Waals surface area contributed by atoms with Crippen LogP contribution < -0.4 is 0 Å². The highest BCUT2D eigenvalue weighted by atomic mass is 32.2. The van der Waals surface area contributed by atoms with Crippen molar-refractivity contribution in [3.8, 4) is 0 Å². The molecule has 0 atom stereocenters. The van der Waals surface area contributed by atoms with E-state index < -0.39 is 35.2 Å². The van der Waals surface area contributed by atoms with Crippen LogP contribution in [0.1, 0.15) is 0 Å². The van der Waals surface area contributed by atoms with Gasteiger partial charge in [0.05, 0.1) is 11.4 Å². The second-order valence-electron chi connectivity index (χ2n) is 4.49. The van der Waals surface area contributed by atoms with E-state index in [1.807, 2.05) is 0 Å². The summed E-state index contributed by atoms with van der Waals surface area (Å²) in [5.74, 6) is -0.737. The molecule has 0 aliphatic rings. The molecule has 0 aliphatic heterocycles. The zero-order valence-electron chi connectivity index (χ0n) is 11.5. The van der Waals surface area contributed by atoms with E-state index in [1.165, 1.54) is 44.4 Å². The first-order chi connectivity index (χ1) is 9.54. The van der Waals surface area contributed by atoms with E-state index in [-0.39, 0.29) is 9.20 Å². The van der Waals surface area contributed by atoms with Crippen LogP contribution in [0.5, 0.6) is 0 Å². The van der Waals surface area contributed by atoms with Gasteiger partial charge in [-0.3, -0.25) is 4.79 Å². The van der Waals surface area contributed by atoms with Crippen LogP contribution in [0.15, 0.2) is 35.2 Å². The number of likely N-dealkylation sites (N-methyl/N-ethyl adjacent to an activating group) is 1. The number of hydrogen-bond acceptors (Lipinski definition) is 3. The van der Waals surface area contributed by atoms with E-state index in [4.69, 9.17) is 0 Å². The molecular formula is C12H15F3N2O3S. The molecule has 1 aromatic rings. The van der Waals surface area contributed by atoms with Gasteiger partial charge >= 0.3 is 6.18 Å². The summed E-state index contributed by atoms with van der Waals surface area (Å²) in [7, 11) is -1.72. The highest BCUT2D eigenvalue weighted by Gasteiger charge is 2.38. The van der Waals surface area contributed by atoms with Crippen molar-refractivity contribution in [2.24, 2.45) is 0 Å². The largest absolute Gasteiger partial charge is 0.402 e. The van der Waals surface area contributed by atoms with Crippen LogP contribution >= 0.6 is 0 Å². The molecule has 1 amide bonds. The zero-order chi connectivity index (χ0) is 16.3. The Morgan fingerprint density at radius 2 is 1.67 bits per heavy atom. The van der Waals surface area contributed by atoms with Gasteiger partial charge in [-0.25, -0.2) is 8.42 Å². The van der Waals surface area contributed by atoms with E-state index >= 15 is 0 Å². The Balaban J connectivity index is 3.14. The van der Waals surface area contributed by atoms with Gasteiger partial charge in [-0.15, -0.1) is 0 Å². The number of carbonyl (C=O) groups excluding carboxylic acids is 1. The highest BCUT2D eigenvalue weighted by Crippen LogP contribution is 2.22. The van der Waals surface area contributed by atoms with Crippen LogP contribution in [0.2, 0.25) is 0 Å². The van der Waals surface area contributed by atoms with Gasteiger partial charge in [0.25, 0.3) is 0 Å². The van der Waals surface area contributed by atoms with Gasteiger partial charge in [0.15, 0.2) is 0 Å². The molecule has 0 spiro atoms. The van der Waals surface area contributed by atoms with Gasteiger partial charge in [-0.05, 0) is 12.1 Å². The number of amides is 1. The smallest absolute Gasteiger partial charge is 0.348 e. The third kappa shape index (κ3) is 5.01. The summed E-state index contributed by atoms with van der Waals surface area (Å²) in [6.07, 6.45) is -4.74. The summed E-state index contributed by atoms with van der Waals surface area (Å²) in [6.45, 7) is -2.59. The lowest BCUT2D eigenvalue weighted by Gasteiger charge is -2.24. The molecule has 0 radical (unpaired) electrons. The van der Waals surface area contributed by atoms with Crippen LogP contribution in [0.3, 0.4) is 0 Å². The number of rotatable bonds is 5. The maximum Gasteiger partial charge on any atom is 0.402 e. The van der Waals surface area contributed by atoms with Crippen molar-refractivity contribution in [3.63, 3.8) is 0 Å². The number of nitrogens with zero attached hydrogens (tertiary/aromatic N) is 2. The molecule has 5 nitrogen and oxygen atoms in total. The molecule has 0 saturated heterocycles. The van der Waals surface area contributed by atoms with Crippen molar-refractivity contribution in [2.45, 2.75) is 11.1 Å². The van der Waals surface area contributed by atoms with Gasteiger partial charge in [0.1, 0.15) is 6.54 Å². The first kappa shape index (κ1) is 17.4. The van der Waals surface area contributed by atoms with Crippen molar-refractivity contribution >= 4 is 15.9 Å². The fourth-order valence-electron chi connectivity index (χ4n) is 1.46. The summed E-state index contributed by atoms with van der Waals surface area (Å²) >= 11 is 0. The molecule has 9 heteroatoms. The lowest BCUT2D eigenvalue weighted by molar-refractivity contribution is -0.141. The molecule has 0 bridgehead atoms. The minimum Gasteiger partial charge on any atom is -0.348 e. The zero-order valence-corrected chi connectivity index (χ0v) is 12.3. The third-order valence-corrected chi connectivity index (χ3v) is 4.35. The lowest BCUT2D eigenvalue weighted by atomic mass is 10.4. The topological polar surface area (TPSA) is 57.7 Å². The van der Waals surface area contributed by atoms with E-state index in [1.54, 1.807) is 0 Å². The number of halogens is 3. The number of benzene rings is 1. The first-order valence-corrected chi connectivity index (χ1v) is 7.30. The van der Waals surface area contributed by atoms with Crippen LogP contribution in [0.25, 0.3) is 0 Å². The second-order valence-corrected chi connectivity index (χ2v) is 6.43. The van der Waals surface area contributed by atoms with Gasteiger partial charge in [0, 0.05) is 14.1 Å². The molecular weight excluding hydrogens is 309 g/mol. The maximum atomic E-state index is 12.6. The number of carbonyl (C=O) groups is 1. The van der Waals surface area contributed by atoms with E-state index in [2.05, 4.69) is 0 Å². The molecule has 1 rings (SSSR count). The second kappa shape index (κ2) is 6.44. The minimum atomic E-state index is -4.74. The van der Waals surface area contributed by atoms with E-state index in [0.717, 1.165) is 4.90 Å². The molecule has 0 heterocycles. The Hall–Kier alpha value is -1.61. The van der Waals surface area contributed by atoms with E-state index in [9.17, 15) is 26.4 Å². The Labute approximate surface area is 121 Å². The Bertz CT molecular complexity index is 586. The molecule has 118 valence electrons. The SMILES string of the molecule is CN(C)C(=O)CN(CC(F)(F)F)S(=O)(=O)c1ccccc1. The number of alkyl halides is 3. The Kier molecular flexibility index (Phi) is 5.35. The number of hydrogen-bond donors (Lipinski definition) is 0. The molecule has 0 unspecified atom stereocenters. The first-order valence-electron chi connectivity index (χ1n) is 5.86. The molecule has 0 aromatic heterocycles. The van der Waals surface area contributed by atoms with Gasteiger partial charge in [-0.1, -0.05) is 18.2 Å². The van der Waals surface area contributed by atoms with Crippen molar-refractivity contribution in [1.29, 1.82) is 0 Å². The summed E-state index contributed by atoms with van der Waals surface area (Å²) in [5.41, 5.74) is 0. The fraction of sp³-hybridized carbons (Fsp3) is 0.417. The maximum absolute atomic E-state index is 12.6. The lowest BCUT2D eigenvalue weighted by Crippen LogP contribution is -2.44. The van der Waals surface area contributed by atoms with Crippen molar-refractivity contribution < 1.29 is 26.4 Å². The molecule has 0 N–H and O–H groups in total. The van der Waals surface area contributed by atoms with Crippen molar-refractivity contribution in [2.75, 3.05) is 27.2 Å².